The van der Waals surface area contributed by atoms with Crippen molar-refractivity contribution >= 4 is 11.6 Å². The summed E-state index contributed by atoms with van der Waals surface area (Å²) in [5.74, 6) is 0.283. The van der Waals surface area contributed by atoms with Crippen molar-refractivity contribution in [2.45, 2.75) is 26.3 Å². The van der Waals surface area contributed by atoms with E-state index in [2.05, 4.69) is 29.2 Å². The van der Waals surface area contributed by atoms with Crippen LogP contribution in [0.1, 0.15) is 20.3 Å². The van der Waals surface area contributed by atoms with E-state index in [4.69, 9.17) is 5.73 Å². The van der Waals surface area contributed by atoms with Gasteiger partial charge in [-0.25, -0.2) is 0 Å². The van der Waals surface area contributed by atoms with Crippen LogP contribution in [0.3, 0.4) is 0 Å². The molecule has 0 radical (unpaired) electrons. The van der Waals surface area contributed by atoms with Gasteiger partial charge in [-0.3, -0.25) is 4.79 Å². The largest absolute Gasteiger partial charge is 0.370 e. The third-order valence-corrected chi connectivity index (χ3v) is 3.93. The standard InChI is InChI=1S/C16H25N3O/c1-13(2)15(17)16(20)19-10-6-9-18(11-12-19)14-7-4-3-5-8-14/h3-5,7-8,13,15H,6,9-12,17H2,1-2H3/t15-/m0/s1. The quantitative estimate of drug-likeness (QED) is 0.913. The smallest absolute Gasteiger partial charge is 0.239 e. The summed E-state index contributed by atoms with van der Waals surface area (Å²) < 4.78 is 0. The summed E-state index contributed by atoms with van der Waals surface area (Å²) in [5.41, 5.74) is 7.21. The molecule has 1 atom stereocenters. The van der Waals surface area contributed by atoms with Gasteiger partial charge in [0.25, 0.3) is 0 Å². The summed E-state index contributed by atoms with van der Waals surface area (Å²) in [6.45, 7) is 7.43. The first-order valence-corrected chi connectivity index (χ1v) is 7.44. The van der Waals surface area contributed by atoms with E-state index in [1.165, 1.54) is 5.69 Å². The highest BCUT2D eigenvalue weighted by atomic mass is 16.2. The molecule has 1 saturated heterocycles. The van der Waals surface area contributed by atoms with Gasteiger partial charge in [0.05, 0.1) is 6.04 Å². The van der Waals surface area contributed by atoms with Crippen LogP contribution >= 0.6 is 0 Å². The van der Waals surface area contributed by atoms with Crippen LogP contribution in [0.5, 0.6) is 0 Å². The van der Waals surface area contributed by atoms with Gasteiger partial charge in [-0.2, -0.15) is 0 Å². The topological polar surface area (TPSA) is 49.6 Å². The third kappa shape index (κ3) is 3.51. The Morgan fingerprint density at radius 1 is 1.10 bits per heavy atom. The Balaban J connectivity index is 1.97. The average molecular weight is 275 g/mol. The lowest BCUT2D eigenvalue weighted by molar-refractivity contribution is -0.133. The average Bonchev–Trinajstić information content (AvgIpc) is 2.72. The van der Waals surface area contributed by atoms with E-state index in [1.807, 2.05) is 24.8 Å². The van der Waals surface area contributed by atoms with Crippen molar-refractivity contribution in [3.8, 4) is 0 Å². The highest BCUT2D eigenvalue weighted by molar-refractivity contribution is 5.82. The van der Waals surface area contributed by atoms with E-state index in [-0.39, 0.29) is 17.9 Å². The molecule has 1 fully saturated rings. The molecule has 110 valence electrons. The summed E-state index contributed by atoms with van der Waals surface area (Å²) in [5, 5.41) is 0. The summed E-state index contributed by atoms with van der Waals surface area (Å²) in [4.78, 5) is 16.6. The molecule has 2 N–H and O–H groups in total. The lowest BCUT2D eigenvalue weighted by Gasteiger charge is -2.26. The van der Waals surface area contributed by atoms with Crippen LogP contribution in [0.2, 0.25) is 0 Å². The molecule has 0 spiro atoms. The van der Waals surface area contributed by atoms with Gasteiger partial charge >= 0.3 is 0 Å². The Morgan fingerprint density at radius 2 is 1.80 bits per heavy atom. The van der Waals surface area contributed by atoms with Crippen molar-refractivity contribution in [1.82, 2.24) is 4.90 Å². The maximum atomic E-state index is 12.3. The normalized spacial score (nSPS) is 18.0. The van der Waals surface area contributed by atoms with Crippen molar-refractivity contribution < 1.29 is 4.79 Å². The van der Waals surface area contributed by atoms with Crippen LogP contribution in [0.4, 0.5) is 5.69 Å². The van der Waals surface area contributed by atoms with Crippen molar-refractivity contribution in [3.05, 3.63) is 30.3 Å². The highest BCUT2D eigenvalue weighted by Crippen LogP contribution is 2.16. The number of carbonyl (C=O) groups is 1. The predicted octanol–water partition coefficient (Wildman–Crippen LogP) is 1.71. The molecule has 0 aromatic heterocycles. The molecule has 2 rings (SSSR count). The van der Waals surface area contributed by atoms with Gasteiger partial charge in [0.1, 0.15) is 0 Å². The lowest BCUT2D eigenvalue weighted by Crippen LogP contribution is -2.47. The van der Waals surface area contributed by atoms with Gasteiger partial charge < -0.3 is 15.5 Å². The Morgan fingerprint density at radius 3 is 2.45 bits per heavy atom. The van der Waals surface area contributed by atoms with Crippen molar-refractivity contribution in [3.63, 3.8) is 0 Å². The second kappa shape index (κ2) is 6.75. The molecule has 1 amide bonds. The second-order valence-electron chi connectivity index (χ2n) is 5.77. The monoisotopic (exact) mass is 275 g/mol. The van der Waals surface area contributed by atoms with Gasteiger partial charge in [0.2, 0.25) is 5.91 Å². The molecule has 0 unspecified atom stereocenters. The number of nitrogens with zero attached hydrogens (tertiary/aromatic N) is 2. The Bertz CT molecular complexity index is 433. The van der Waals surface area contributed by atoms with E-state index in [0.717, 1.165) is 32.6 Å². The lowest BCUT2D eigenvalue weighted by atomic mass is 10.0. The van der Waals surface area contributed by atoms with E-state index in [0.29, 0.717) is 0 Å². The Hall–Kier alpha value is -1.55. The Labute approximate surface area is 121 Å². The minimum Gasteiger partial charge on any atom is -0.370 e. The maximum absolute atomic E-state index is 12.3. The zero-order valence-corrected chi connectivity index (χ0v) is 12.5. The first-order chi connectivity index (χ1) is 9.59. The molecule has 1 aliphatic rings. The van der Waals surface area contributed by atoms with Gasteiger partial charge in [-0.15, -0.1) is 0 Å². The highest BCUT2D eigenvalue weighted by Gasteiger charge is 2.25. The molecule has 4 nitrogen and oxygen atoms in total. The van der Waals surface area contributed by atoms with E-state index >= 15 is 0 Å². The fraction of sp³-hybridized carbons (Fsp3) is 0.562. The molecular formula is C16H25N3O. The minimum atomic E-state index is -0.377. The van der Waals surface area contributed by atoms with Gasteiger partial charge in [0.15, 0.2) is 0 Å². The number of anilines is 1. The molecule has 0 aliphatic carbocycles. The van der Waals surface area contributed by atoms with Crippen LogP contribution < -0.4 is 10.6 Å². The van der Waals surface area contributed by atoms with Crippen LogP contribution in [0.25, 0.3) is 0 Å². The molecule has 1 heterocycles. The maximum Gasteiger partial charge on any atom is 0.239 e. The van der Waals surface area contributed by atoms with Crippen molar-refractivity contribution in [2.75, 3.05) is 31.1 Å². The first-order valence-electron chi connectivity index (χ1n) is 7.44. The number of amides is 1. The van der Waals surface area contributed by atoms with Crippen LogP contribution in [0, 0.1) is 5.92 Å². The minimum absolute atomic E-state index is 0.0925. The van der Waals surface area contributed by atoms with Crippen molar-refractivity contribution in [2.24, 2.45) is 11.7 Å². The number of nitrogens with two attached hydrogens (primary N) is 1. The summed E-state index contributed by atoms with van der Waals surface area (Å²) in [6, 6.07) is 10.0. The van der Waals surface area contributed by atoms with Crippen molar-refractivity contribution in [1.29, 1.82) is 0 Å². The van der Waals surface area contributed by atoms with Crippen LogP contribution in [-0.2, 0) is 4.79 Å². The van der Waals surface area contributed by atoms with E-state index < -0.39 is 0 Å². The molecule has 1 aromatic rings. The molecule has 1 aromatic carbocycles. The van der Waals surface area contributed by atoms with Gasteiger partial charge in [0, 0.05) is 31.9 Å². The first kappa shape index (κ1) is 14.9. The Kier molecular flexibility index (Phi) is 5.01. The number of rotatable bonds is 3. The van der Waals surface area contributed by atoms with E-state index in [1.54, 1.807) is 0 Å². The SMILES string of the molecule is CC(C)[C@H](N)C(=O)N1CCCN(c2ccccc2)CC1. The zero-order chi connectivity index (χ0) is 14.5. The molecule has 4 heteroatoms. The molecule has 20 heavy (non-hydrogen) atoms. The number of hydrogen-bond donors (Lipinski definition) is 1. The summed E-state index contributed by atoms with van der Waals surface area (Å²) >= 11 is 0. The number of carbonyl (C=O) groups excluding carboxylic acids is 1. The van der Waals surface area contributed by atoms with Gasteiger partial charge in [-0.1, -0.05) is 32.0 Å². The summed E-state index contributed by atoms with van der Waals surface area (Å²) in [6.07, 6.45) is 0.992. The summed E-state index contributed by atoms with van der Waals surface area (Å²) in [7, 11) is 0. The third-order valence-electron chi connectivity index (χ3n) is 3.93. The zero-order valence-electron chi connectivity index (χ0n) is 12.5. The molecule has 0 saturated carbocycles. The molecular weight excluding hydrogens is 250 g/mol. The number of hydrogen-bond acceptors (Lipinski definition) is 3. The fourth-order valence-electron chi connectivity index (χ4n) is 2.53. The number of benzene rings is 1. The molecule has 1 aliphatic heterocycles. The van der Waals surface area contributed by atoms with Crippen LogP contribution in [-0.4, -0.2) is 43.0 Å². The van der Waals surface area contributed by atoms with E-state index in [9.17, 15) is 4.79 Å². The van der Waals surface area contributed by atoms with Crippen LogP contribution in [0.15, 0.2) is 30.3 Å². The fourth-order valence-corrected chi connectivity index (χ4v) is 2.53. The molecule has 0 bridgehead atoms. The second-order valence-corrected chi connectivity index (χ2v) is 5.77. The van der Waals surface area contributed by atoms with Gasteiger partial charge in [-0.05, 0) is 24.5 Å². The predicted molar refractivity (Wildman–Crippen MR) is 82.7 cm³/mol. The number of para-hydroxylation sites is 1.